The lowest BCUT2D eigenvalue weighted by molar-refractivity contribution is -0.143. The van der Waals surface area contributed by atoms with E-state index in [0.29, 0.717) is 0 Å². The molecule has 7 nitrogen and oxygen atoms in total. The summed E-state index contributed by atoms with van der Waals surface area (Å²) in [6.45, 7) is 1.19. The van der Waals surface area contributed by atoms with Gasteiger partial charge < -0.3 is 10.8 Å². The number of halogens is 3. The summed E-state index contributed by atoms with van der Waals surface area (Å²) in [6, 6.07) is -0.243. The second-order valence-corrected chi connectivity index (χ2v) is 5.09. The number of hydrogen-bond donors (Lipinski definition) is 2. The molecule has 0 saturated carbocycles. The Morgan fingerprint density at radius 1 is 1.29 bits per heavy atom. The summed E-state index contributed by atoms with van der Waals surface area (Å²) in [6.07, 6.45) is -4.81. The lowest BCUT2D eigenvalue weighted by Crippen LogP contribution is -2.51. The zero-order chi connectivity index (χ0) is 18.2. The number of imide groups is 1. The number of hydrogen-bond acceptors (Lipinski definition) is 3. The highest BCUT2D eigenvalue weighted by molar-refractivity contribution is 6.11. The van der Waals surface area contributed by atoms with Gasteiger partial charge in [-0.2, -0.15) is 13.2 Å². The molecule has 0 fully saturated rings. The number of primary amides is 1. The van der Waals surface area contributed by atoms with E-state index in [2.05, 4.69) is 4.99 Å². The van der Waals surface area contributed by atoms with Crippen molar-refractivity contribution in [1.82, 2.24) is 4.90 Å². The molecule has 0 aromatic heterocycles. The lowest BCUT2D eigenvalue weighted by atomic mass is 9.84. The number of rotatable bonds is 2. The molecular weight excluding hydrogens is 331 g/mol. The average molecular weight is 343 g/mol. The molecule has 1 aliphatic rings. The molecule has 0 bridgehead atoms. The third-order valence-electron chi connectivity index (χ3n) is 3.61. The molecule has 4 amide bonds. The summed E-state index contributed by atoms with van der Waals surface area (Å²) < 4.78 is 39.8. The van der Waals surface area contributed by atoms with Crippen molar-refractivity contribution in [3.8, 4) is 0 Å². The molecule has 2 rings (SSSR count). The number of carbonyl (C=O) groups excluding carboxylic acids is 2. The van der Waals surface area contributed by atoms with E-state index in [1.807, 2.05) is 0 Å². The predicted octanol–water partition coefficient (Wildman–Crippen LogP) is 2.42. The van der Waals surface area contributed by atoms with Gasteiger partial charge in [0, 0.05) is 5.71 Å². The van der Waals surface area contributed by atoms with Crippen LogP contribution in [-0.2, 0) is 11.0 Å². The second-order valence-electron chi connectivity index (χ2n) is 5.09. The fourth-order valence-corrected chi connectivity index (χ4v) is 2.65. The van der Waals surface area contributed by atoms with Gasteiger partial charge in [-0.15, -0.1) is 0 Å². The maximum absolute atomic E-state index is 13.3. The van der Waals surface area contributed by atoms with Crippen LogP contribution >= 0.6 is 0 Å². The molecule has 24 heavy (non-hydrogen) atoms. The largest absolute Gasteiger partial charge is 0.481 e. The van der Waals surface area contributed by atoms with Crippen LogP contribution in [0.5, 0.6) is 0 Å². The number of alkyl halides is 3. The van der Waals surface area contributed by atoms with Crippen molar-refractivity contribution in [2.45, 2.75) is 19.1 Å². The smallest absolute Gasteiger partial charge is 0.416 e. The number of carboxylic acid groups (broad SMARTS) is 1. The van der Waals surface area contributed by atoms with Gasteiger partial charge in [0.1, 0.15) is 5.92 Å². The Morgan fingerprint density at radius 2 is 1.88 bits per heavy atom. The summed E-state index contributed by atoms with van der Waals surface area (Å²) >= 11 is 0. The SMILES string of the molecule is CC1=NC(=O)N(C(N)=O)C(c2ccccc2C(F)(F)F)C1C(=O)O. The Hall–Kier alpha value is -2.91. The first-order chi connectivity index (χ1) is 11.1. The van der Waals surface area contributed by atoms with Crippen LogP contribution in [0.1, 0.15) is 24.1 Å². The predicted molar refractivity (Wildman–Crippen MR) is 75.2 cm³/mol. The Bertz CT molecular complexity index is 745. The fraction of sp³-hybridized carbons (Fsp3) is 0.286. The molecule has 1 heterocycles. The topological polar surface area (TPSA) is 113 Å². The summed E-state index contributed by atoms with van der Waals surface area (Å²) in [5, 5.41) is 9.37. The molecule has 1 aromatic carbocycles. The molecule has 128 valence electrons. The second kappa shape index (κ2) is 5.95. The maximum Gasteiger partial charge on any atom is 0.416 e. The summed E-state index contributed by atoms with van der Waals surface area (Å²) in [7, 11) is 0. The number of carboxylic acids is 1. The first-order valence-corrected chi connectivity index (χ1v) is 6.62. The van der Waals surface area contributed by atoms with Gasteiger partial charge in [-0.05, 0) is 18.6 Å². The van der Waals surface area contributed by atoms with Crippen LogP contribution in [0.3, 0.4) is 0 Å². The van der Waals surface area contributed by atoms with Crippen LogP contribution < -0.4 is 5.73 Å². The zero-order valence-electron chi connectivity index (χ0n) is 12.2. The molecule has 2 atom stereocenters. The highest BCUT2D eigenvalue weighted by atomic mass is 19.4. The molecule has 3 N–H and O–H groups in total. The Labute approximate surface area is 133 Å². The number of carbonyl (C=O) groups is 3. The first-order valence-electron chi connectivity index (χ1n) is 6.62. The fourth-order valence-electron chi connectivity index (χ4n) is 2.65. The number of nitrogens with two attached hydrogens (primary N) is 1. The zero-order valence-corrected chi connectivity index (χ0v) is 12.2. The van der Waals surface area contributed by atoms with E-state index in [4.69, 9.17) is 5.73 Å². The molecule has 0 spiro atoms. The Morgan fingerprint density at radius 3 is 2.38 bits per heavy atom. The van der Waals surface area contributed by atoms with Crippen molar-refractivity contribution < 1.29 is 32.7 Å². The molecule has 0 saturated heterocycles. The Balaban J connectivity index is 2.76. The van der Waals surface area contributed by atoms with Gasteiger partial charge in [-0.1, -0.05) is 18.2 Å². The quantitative estimate of drug-likeness (QED) is 0.858. The van der Waals surface area contributed by atoms with Crippen molar-refractivity contribution in [2.75, 3.05) is 0 Å². The average Bonchev–Trinajstić information content (AvgIpc) is 2.44. The van der Waals surface area contributed by atoms with Gasteiger partial charge in [0.2, 0.25) is 0 Å². The van der Waals surface area contributed by atoms with E-state index in [1.54, 1.807) is 0 Å². The van der Waals surface area contributed by atoms with E-state index < -0.39 is 47.3 Å². The van der Waals surface area contributed by atoms with Crippen LogP contribution in [0, 0.1) is 5.92 Å². The number of benzene rings is 1. The van der Waals surface area contributed by atoms with Gasteiger partial charge in [0.25, 0.3) is 0 Å². The molecule has 0 radical (unpaired) electrons. The highest BCUT2D eigenvalue weighted by Gasteiger charge is 2.47. The molecule has 10 heteroatoms. The van der Waals surface area contributed by atoms with Crippen LogP contribution in [0.25, 0.3) is 0 Å². The number of aliphatic imine (C=N–C) groups is 1. The van der Waals surface area contributed by atoms with E-state index in [-0.39, 0.29) is 10.6 Å². The minimum Gasteiger partial charge on any atom is -0.481 e. The summed E-state index contributed by atoms with van der Waals surface area (Å²) in [5.74, 6) is -3.17. The van der Waals surface area contributed by atoms with E-state index in [1.165, 1.54) is 13.0 Å². The minimum absolute atomic E-state index is 0.216. The van der Waals surface area contributed by atoms with E-state index >= 15 is 0 Å². The van der Waals surface area contributed by atoms with Crippen molar-refractivity contribution in [1.29, 1.82) is 0 Å². The normalized spacial score (nSPS) is 21.4. The van der Waals surface area contributed by atoms with Crippen LogP contribution in [0.15, 0.2) is 29.3 Å². The lowest BCUT2D eigenvalue weighted by Gasteiger charge is -2.36. The number of nitrogens with zero attached hydrogens (tertiary/aromatic N) is 2. The number of aliphatic carboxylic acids is 1. The van der Waals surface area contributed by atoms with Gasteiger partial charge in [0.05, 0.1) is 11.6 Å². The van der Waals surface area contributed by atoms with Gasteiger partial charge in [-0.25, -0.2) is 19.5 Å². The maximum atomic E-state index is 13.3. The van der Waals surface area contributed by atoms with Crippen molar-refractivity contribution in [2.24, 2.45) is 16.6 Å². The molecular formula is C14H12F3N3O4. The minimum atomic E-state index is -4.81. The molecule has 1 aliphatic heterocycles. The molecule has 1 aromatic rings. The van der Waals surface area contributed by atoms with E-state index in [9.17, 15) is 32.7 Å². The van der Waals surface area contributed by atoms with Crippen molar-refractivity contribution >= 4 is 23.7 Å². The third kappa shape index (κ3) is 2.94. The molecule has 2 unspecified atom stereocenters. The molecule has 0 aliphatic carbocycles. The summed E-state index contributed by atoms with van der Waals surface area (Å²) in [4.78, 5) is 38.7. The van der Waals surface area contributed by atoms with Crippen LogP contribution in [-0.4, -0.2) is 33.7 Å². The Kier molecular flexibility index (Phi) is 4.32. The monoisotopic (exact) mass is 343 g/mol. The van der Waals surface area contributed by atoms with Gasteiger partial charge in [0.15, 0.2) is 0 Å². The van der Waals surface area contributed by atoms with Crippen LogP contribution in [0.2, 0.25) is 0 Å². The van der Waals surface area contributed by atoms with Gasteiger partial charge in [-0.3, -0.25) is 4.79 Å². The van der Waals surface area contributed by atoms with E-state index in [0.717, 1.165) is 18.2 Å². The highest BCUT2D eigenvalue weighted by Crippen LogP contribution is 2.41. The third-order valence-corrected chi connectivity index (χ3v) is 3.61. The first kappa shape index (κ1) is 17.4. The standard InChI is InChI=1S/C14H12F3N3O4/c1-6-9(11(21)22)10(20(12(18)23)13(24)19-6)7-4-2-3-5-8(7)14(15,16)17/h2-5,9-10H,1H3,(H2,18,23)(H,21,22). The van der Waals surface area contributed by atoms with Crippen molar-refractivity contribution in [3.63, 3.8) is 0 Å². The summed E-state index contributed by atoms with van der Waals surface area (Å²) in [5.41, 5.74) is 3.16. The van der Waals surface area contributed by atoms with Gasteiger partial charge >= 0.3 is 24.2 Å². The van der Waals surface area contributed by atoms with Crippen LogP contribution in [0.4, 0.5) is 22.8 Å². The van der Waals surface area contributed by atoms with Crippen molar-refractivity contribution in [3.05, 3.63) is 35.4 Å². The number of amides is 4. The number of urea groups is 2.